The Morgan fingerprint density at radius 2 is 2.06 bits per heavy atom. The first-order chi connectivity index (χ1) is 7.80. The molecule has 1 rings (SSSR count). The zero-order valence-electron chi connectivity index (χ0n) is 10.1. The number of nitrogens with zero attached hydrogens (tertiary/aromatic N) is 1. The summed E-state index contributed by atoms with van der Waals surface area (Å²) >= 11 is 3.25. The average molecular weight is 321 g/mol. The number of benzene rings is 1. The molecule has 0 amide bonds. The van der Waals surface area contributed by atoms with Gasteiger partial charge in [0.1, 0.15) is 4.90 Å². The molecule has 1 aromatic rings. The average Bonchev–Trinajstić information content (AvgIpc) is 2.30. The van der Waals surface area contributed by atoms with Crippen LogP contribution in [0.1, 0.15) is 20.3 Å². The van der Waals surface area contributed by atoms with Gasteiger partial charge >= 0.3 is 0 Å². The molecule has 0 radical (unpaired) electrons. The highest BCUT2D eigenvalue weighted by Gasteiger charge is 2.26. The lowest BCUT2D eigenvalue weighted by Gasteiger charge is -2.23. The Bertz CT molecular complexity index is 502. The van der Waals surface area contributed by atoms with Crippen LogP contribution in [0.4, 0.5) is 5.69 Å². The quantitative estimate of drug-likeness (QED) is 0.867. The topological polar surface area (TPSA) is 63.4 Å². The molecule has 0 bridgehead atoms. The molecule has 0 fully saturated rings. The Morgan fingerprint density at radius 1 is 1.47 bits per heavy atom. The van der Waals surface area contributed by atoms with Crippen molar-refractivity contribution in [2.24, 2.45) is 0 Å². The van der Waals surface area contributed by atoms with Crippen molar-refractivity contribution in [3.63, 3.8) is 0 Å². The Morgan fingerprint density at radius 3 is 2.59 bits per heavy atom. The van der Waals surface area contributed by atoms with Gasteiger partial charge in [-0.2, -0.15) is 4.31 Å². The third-order valence-corrected chi connectivity index (χ3v) is 5.36. The van der Waals surface area contributed by atoms with Gasteiger partial charge in [-0.05, 0) is 31.5 Å². The molecule has 6 heteroatoms. The van der Waals surface area contributed by atoms with Gasteiger partial charge in [-0.25, -0.2) is 8.42 Å². The number of nitrogens with two attached hydrogens (primary N) is 1. The lowest BCUT2D eigenvalue weighted by molar-refractivity contribution is 0.381. The maximum absolute atomic E-state index is 12.3. The second-order valence-corrected chi connectivity index (χ2v) is 6.84. The number of anilines is 1. The van der Waals surface area contributed by atoms with E-state index in [1.165, 1.54) is 10.4 Å². The molecule has 1 aromatic carbocycles. The van der Waals surface area contributed by atoms with Crippen molar-refractivity contribution >= 4 is 31.6 Å². The number of hydrogen-bond donors (Lipinski definition) is 1. The summed E-state index contributed by atoms with van der Waals surface area (Å²) in [6.07, 6.45) is 0.754. The molecule has 0 saturated heterocycles. The van der Waals surface area contributed by atoms with E-state index in [0.29, 0.717) is 4.47 Å². The molecule has 2 N–H and O–H groups in total. The van der Waals surface area contributed by atoms with Gasteiger partial charge in [0, 0.05) is 17.6 Å². The standard InChI is InChI=1S/C11H17BrN2O2S/c1-4-8(2)14(3)17(15,16)11-7-9(12)5-6-10(11)13/h5-8H,4,13H2,1-3H3. The van der Waals surface area contributed by atoms with Crippen molar-refractivity contribution in [3.8, 4) is 0 Å². The van der Waals surface area contributed by atoms with Crippen LogP contribution in [0.25, 0.3) is 0 Å². The van der Waals surface area contributed by atoms with E-state index in [-0.39, 0.29) is 16.6 Å². The van der Waals surface area contributed by atoms with E-state index in [1.54, 1.807) is 19.2 Å². The predicted molar refractivity (Wildman–Crippen MR) is 73.3 cm³/mol. The molecule has 0 aliphatic rings. The highest BCUT2D eigenvalue weighted by Crippen LogP contribution is 2.26. The van der Waals surface area contributed by atoms with Crippen LogP contribution in [0.15, 0.2) is 27.6 Å². The molecule has 17 heavy (non-hydrogen) atoms. The molecule has 4 nitrogen and oxygen atoms in total. The van der Waals surface area contributed by atoms with E-state index < -0.39 is 10.0 Å². The molecule has 0 aliphatic carbocycles. The van der Waals surface area contributed by atoms with Crippen LogP contribution in [0.5, 0.6) is 0 Å². The number of sulfonamides is 1. The van der Waals surface area contributed by atoms with Crippen molar-refractivity contribution in [1.82, 2.24) is 4.31 Å². The molecule has 0 aromatic heterocycles. The molecule has 96 valence electrons. The van der Waals surface area contributed by atoms with Gasteiger partial charge in [-0.1, -0.05) is 22.9 Å². The van der Waals surface area contributed by atoms with Crippen molar-refractivity contribution in [1.29, 1.82) is 0 Å². The van der Waals surface area contributed by atoms with Gasteiger partial charge in [-0.15, -0.1) is 0 Å². The molecule has 1 atom stereocenters. The first-order valence-corrected chi connectivity index (χ1v) is 7.57. The Kier molecular flexibility index (Phi) is 4.57. The smallest absolute Gasteiger partial charge is 0.245 e. The number of nitrogen functional groups attached to an aromatic ring is 1. The summed E-state index contributed by atoms with van der Waals surface area (Å²) in [5, 5.41) is 0. The second-order valence-electron chi connectivity index (χ2n) is 3.96. The fraction of sp³-hybridized carbons (Fsp3) is 0.455. The maximum Gasteiger partial charge on any atom is 0.245 e. The third kappa shape index (κ3) is 3.00. The highest BCUT2D eigenvalue weighted by molar-refractivity contribution is 9.10. The minimum Gasteiger partial charge on any atom is -0.398 e. The van der Waals surface area contributed by atoms with Crippen LogP contribution < -0.4 is 5.73 Å². The van der Waals surface area contributed by atoms with Gasteiger partial charge in [0.15, 0.2) is 0 Å². The van der Waals surface area contributed by atoms with E-state index >= 15 is 0 Å². The number of halogens is 1. The number of rotatable bonds is 4. The summed E-state index contributed by atoms with van der Waals surface area (Å²) in [4.78, 5) is 0.148. The lowest BCUT2D eigenvalue weighted by atomic mass is 10.3. The van der Waals surface area contributed by atoms with E-state index in [4.69, 9.17) is 5.73 Å². The third-order valence-electron chi connectivity index (χ3n) is 2.84. The van der Waals surface area contributed by atoms with Crippen LogP contribution >= 0.6 is 15.9 Å². The number of hydrogen-bond acceptors (Lipinski definition) is 3. The molecule has 1 unspecified atom stereocenters. The summed E-state index contributed by atoms with van der Waals surface area (Å²) in [5.74, 6) is 0. The molecular formula is C11H17BrN2O2S. The van der Waals surface area contributed by atoms with Crippen molar-refractivity contribution in [3.05, 3.63) is 22.7 Å². The fourth-order valence-electron chi connectivity index (χ4n) is 1.38. The van der Waals surface area contributed by atoms with Gasteiger partial charge < -0.3 is 5.73 Å². The Labute approximate surface area is 111 Å². The molecule has 0 saturated carbocycles. The lowest BCUT2D eigenvalue weighted by Crippen LogP contribution is -2.35. The van der Waals surface area contributed by atoms with E-state index in [0.717, 1.165) is 6.42 Å². The van der Waals surface area contributed by atoms with Crippen LogP contribution in [0.2, 0.25) is 0 Å². The van der Waals surface area contributed by atoms with Crippen LogP contribution in [-0.2, 0) is 10.0 Å². The van der Waals surface area contributed by atoms with Gasteiger partial charge in [0.05, 0.1) is 5.69 Å². The van der Waals surface area contributed by atoms with Crippen molar-refractivity contribution in [2.75, 3.05) is 12.8 Å². The predicted octanol–water partition coefficient (Wildman–Crippen LogP) is 2.45. The first kappa shape index (κ1) is 14.5. The zero-order valence-corrected chi connectivity index (χ0v) is 12.5. The largest absolute Gasteiger partial charge is 0.398 e. The van der Waals surface area contributed by atoms with E-state index in [9.17, 15) is 8.42 Å². The Balaban J connectivity index is 3.26. The molecule has 0 heterocycles. The van der Waals surface area contributed by atoms with E-state index in [2.05, 4.69) is 15.9 Å². The summed E-state index contributed by atoms with van der Waals surface area (Å²) in [6, 6.07) is 4.78. The van der Waals surface area contributed by atoms with Crippen molar-refractivity contribution < 1.29 is 8.42 Å². The van der Waals surface area contributed by atoms with Crippen LogP contribution in [-0.4, -0.2) is 25.8 Å². The normalized spacial score (nSPS) is 13.9. The van der Waals surface area contributed by atoms with E-state index in [1.807, 2.05) is 13.8 Å². The minimum absolute atomic E-state index is 0.0571. The summed E-state index contributed by atoms with van der Waals surface area (Å²) in [7, 11) is -1.95. The van der Waals surface area contributed by atoms with Crippen LogP contribution in [0, 0.1) is 0 Å². The molecule has 0 spiro atoms. The summed E-state index contributed by atoms with van der Waals surface area (Å²) < 4.78 is 26.7. The van der Waals surface area contributed by atoms with Gasteiger partial charge in [-0.3, -0.25) is 0 Å². The summed E-state index contributed by atoms with van der Waals surface area (Å²) in [5.41, 5.74) is 6.00. The zero-order chi connectivity index (χ0) is 13.2. The highest BCUT2D eigenvalue weighted by atomic mass is 79.9. The van der Waals surface area contributed by atoms with Gasteiger partial charge in [0.25, 0.3) is 0 Å². The molecular weight excluding hydrogens is 304 g/mol. The minimum atomic E-state index is -3.53. The first-order valence-electron chi connectivity index (χ1n) is 5.33. The molecule has 0 aliphatic heterocycles. The Hall–Kier alpha value is -0.590. The SMILES string of the molecule is CCC(C)N(C)S(=O)(=O)c1cc(Br)ccc1N. The summed E-state index contributed by atoms with van der Waals surface area (Å²) in [6.45, 7) is 3.81. The van der Waals surface area contributed by atoms with Crippen molar-refractivity contribution in [2.45, 2.75) is 31.2 Å². The van der Waals surface area contributed by atoms with Gasteiger partial charge in [0.2, 0.25) is 10.0 Å². The maximum atomic E-state index is 12.3. The monoisotopic (exact) mass is 320 g/mol. The van der Waals surface area contributed by atoms with Crippen LogP contribution in [0.3, 0.4) is 0 Å². The second kappa shape index (κ2) is 5.37. The fourth-order valence-corrected chi connectivity index (χ4v) is 3.47.